The van der Waals surface area contributed by atoms with Gasteiger partial charge in [0.25, 0.3) is 0 Å². The Kier molecular flexibility index (Phi) is 2.01. The maximum atomic E-state index is 5.94. The van der Waals surface area contributed by atoms with Crippen LogP contribution in [-0.2, 0) is 12.8 Å². The SMILES string of the molecule is C[C@H]1CCc2c(Cl)ncnc2C1. The summed E-state index contributed by atoms with van der Waals surface area (Å²) >= 11 is 5.94. The zero-order valence-corrected chi connectivity index (χ0v) is 7.80. The third-order valence-corrected chi connectivity index (χ3v) is 2.74. The van der Waals surface area contributed by atoms with E-state index in [0.29, 0.717) is 5.15 Å². The minimum atomic E-state index is 0.645. The van der Waals surface area contributed by atoms with Crippen molar-refractivity contribution in [1.29, 1.82) is 0 Å². The van der Waals surface area contributed by atoms with Gasteiger partial charge in [0.05, 0.1) is 0 Å². The molecule has 1 atom stereocenters. The highest BCUT2D eigenvalue weighted by atomic mass is 35.5. The number of fused-ring (bicyclic) bond motifs is 1. The van der Waals surface area contributed by atoms with E-state index in [9.17, 15) is 0 Å². The summed E-state index contributed by atoms with van der Waals surface area (Å²) in [6.07, 6.45) is 4.85. The summed E-state index contributed by atoms with van der Waals surface area (Å²) in [7, 11) is 0. The van der Waals surface area contributed by atoms with Crippen molar-refractivity contribution in [2.75, 3.05) is 0 Å². The molecule has 12 heavy (non-hydrogen) atoms. The van der Waals surface area contributed by atoms with Crippen LogP contribution in [0, 0.1) is 5.92 Å². The molecule has 0 amide bonds. The minimum absolute atomic E-state index is 0.645. The van der Waals surface area contributed by atoms with Crippen molar-refractivity contribution in [3.8, 4) is 0 Å². The molecule has 0 unspecified atom stereocenters. The van der Waals surface area contributed by atoms with Crippen LogP contribution in [0.25, 0.3) is 0 Å². The molecule has 0 saturated carbocycles. The number of nitrogens with zero attached hydrogens (tertiary/aromatic N) is 2. The van der Waals surface area contributed by atoms with Crippen LogP contribution < -0.4 is 0 Å². The summed E-state index contributed by atoms with van der Waals surface area (Å²) in [4.78, 5) is 8.21. The van der Waals surface area contributed by atoms with Crippen molar-refractivity contribution in [3.63, 3.8) is 0 Å². The molecular weight excluding hydrogens is 172 g/mol. The Balaban J connectivity index is 2.42. The fourth-order valence-electron chi connectivity index (χ4n) is 1.67. The molecule has 3 heteroatoms. The van der Waals surface area contributed by atoms with Crippen LogP contribution in [0.15, 0.2) is 6.33 Å². The second-order valence-electron chi connectivity index (χ2n) is 3.44. The average molecular weight is 183 g/mol. The lowest BCUT2D eigenvalue weighted by molar-refractivity contribution is 0.490. The quantitative estimate of drug-likeness (QED) is 0.576. The molecule has 0 saturated heterocycles. The summed E-state index contributed by atoms with van der Waals surface area (Å²) < 4.78 is 0. The molecule has 0 aromatic carbocycles. The average Bonchev–Trinajstić information content (AvgIpc) is 2.04. The van der Waals surface area contributed by atoms with Gasteiger partial charge in [-0.25, -0.2) is 9.97 Å². The number of rotatable bonds is 0. The van der Waals surface area contributed by atoms with Gasteiger partial charge >= 0.3 is 0 Å². The van der Waals surface area contributed by atoms with Crippen molar-refractivity contribution in [1.82, 2.24) is 9.97 Å². The molecule has 0 fully saturated rings. The number of hydrogen-bond acceptors (Lipinski definition) is 2. The maximum Gasteiger partial charge on any atom is 0.135 e. The van der Waals surface area contributed by atoms with Crippen molar-refractivity contribution in [3.05, 3.63) is 22.7 Å². The summed E-state index contributed by atoms with van der Waals surface area (Å²) in [5.41, 5.74) is 2.31. The molecule has 1 aliphatic carbocycles. The van der Waals surface area contributed by atoms with E-state index in [0.717, 1.165) is 30.0 Å². The molecule has 2 nitrogen and oxygen atoms in total. The number of aromatic nitrogens is 2. The molecule has 1 aromatic rings. The molecule has 1 heterocycles. The van der Waals surface area contributed by atoms with E-state index >= 15 is 0 Å². The molecule has 64 valence electrons. The van der Waals surface area contributed by atoms with Gasteiger partial charge in [-0.2, -0.15) is 0 Å². The molecule has 1 aromatic heterocycles. The Bertz CT molecular complexity index is 299. The van der Waals surface area contributed by atoms with Crippen molar-refractivity contribution in [2.24, 2.45) is 5.92 Å². The highest BCUT2D eigenvalue weighted by Gasteiger charge is 2.18. The largest absolute Gasteiger partial charge is 0.241 e. The van der Waals surface area contributed by atoms with Crippen LogP contribution in [-0.4, -0.2) is 9.97 Å². The van der Waals surface area contributed by atoms with E-state index in [4.69, 9.17) is 11.6 Å². The van der Waals surface area contributed by atoms with Crippen LogP contribution in [0.4, 0.5) is 0 Å². The molecule has 0 bridgehead atoms. The van der Waals surface area contributed by atoms with Gasteiger partial charge in [-0.1, -0.05) is 18.5 Å². The van der Waals surface area contributed by atoms with Gasteiger partial charge in [-0.3, -0.25) is 0 Å². The van der Waals surface area contributed by atoms with E-state index in [1.807, 2.05) is 0 Å². The maximum absolute atomic E-state index is 5.94. The molecule has 0 radical (unpaired) electrons. The van der Waals surface area contributed by atoms with E-state index in [1.54, 1.807) is 6.33 Å². The Morgan fingerprint density at radius 2 is 2.33 bits per heavy atom. The monoisotopic (exact) mass is 182 g/mol. The summed E-state index contributed by atoms with van der Waals surface area (Å²) in [6.45, 7) is 2.25. The third kappa shape index (κ3) is 1.31. The van der Waals surface area contributed by atoms with Crippen LogP contribution >= 0.6 is 11.6 Å². The fourth-order valence-corrected chi connectivity index (χ4v) is 1.92. The Morgan fingerprint density at radius 1 is 1.50 bits per heavy atom. The van der Waals surface area contributed by atoms with Gasteiger partial charge in [0, 0.05) is 11.3 Å². The lowest BCUT2D eigenvalue weighted by Gasteiger charge is -2.20. The lowest BCUT2D eigenvalue weighted by Crippen LogP contribution is -2.13. The normalized spacial score (nSPS) is 22.0. The van der Waals surface area contributed by atoms with E-state index in [2.05, 4.69) is 16.9 Å². The zero-order valence-electron chi connectivity index (χ0n) is 7.05. The predicted molar refractivity (Wildman–Crippen MR) is 48.2 cm³/mol. The highest BCUT2D eigenvalue weighted by Crippen LogP contribution is 2.27. The summed E-state index contributed by atoms with van der Waals surface area (Å²) in [6, 6.07) is 0. The van der Waals surface area contributed by atoms with Gasteiger partial charge < -0.3 is 0 Å². The fraction of sp³-hybridized carbons (Fsp3) is 0.556. The van der Waals surface area contributed by atoms with Crippen molar-refractivity contribution in [2.45, 2.75) is 26.2 Å². The second-order valence-corrected chi connectivity index (χ2v) is 3.80. The smallest absolute Gasteiger partial charge is 0.135 e. The highest BCUT2D eigenvalue weighted by molar-refractivity contribution is 6.30. The Labute approximate surface area is 77.0 Å². The molecule has 2 rings (SSSR count). The van der Waals surface area contributed by atoms with Crippen molar-refractivity contribution >= 4 is 11.6 Å². The van der Waals surface area contributed by atoms with Crippen LogP contribution in [0.2, 0.25) is 5.15 Å². The topological polar surface area (TPSA) is 25.8 Å². The van der Waals surface area contributed by atoms with Crippen LogP contribution in [0.3, 0.4) is 0 Å². The van der Waals surface area contributed by atoms with E-state index in [-0.39, 0.29) is 0 Å². The lowest BCUT2D eigenvalue weighted by atomic mass is 9.89. The first kappa shape index (κ1) is 7.99. The predicted octanol–water partition coefficient (Wildman–Crippen LogP) is 2.25. The van der Waals surface area contributed by atoms with Gasteiger partial charge in [-0.05, 0) is 25.2 Å². The molecule has 0 spiro atoms. The second kappa shape index (κ2) is 3.02. The minimum Gasteiger partial charge on any atom is -0.241 e. The van der Waals surface area contributed by atoms with Gasteiger partial charge in [0.15, 0.2) is 0 Å². The third-order valence-electron chi connectivity index (χ3n) is 2.41. The molecule has 0 aliphatic heterocycles. The van der Waals surface area contributed by atoms with Gasteiger partial charge in [-0.15, -0.1) is 0 Å². The first-order valence-corrected chi connectivity index (χ1v) is 4.63. The Morgan fingerprint density at radius 3 is 3.17 bits per heavy atom. The number of hydrogen-bond donors (Lipinski definition) is 0. The first-order chi connectivity index (χ1) is 5.77. The van der Waals surface area contributed by atoms with E-state index in [1.165, 1.54) is 6.42 Å². The van der Waals surface area contributed by atoms with Crippen LogP contribution in [0.1, 0.15) is 24.6 Å². The van der Waals surface area contributed by atoms with E-state index < -0.39 is 0 Å². The molecule has 1 aliphatic rings. The standard InChI is InChI=1S/C9H11ClN2/c1-6-2-3-7-8(4-6)11-5-12-9(7)10/h5-6H,2-4H2,1H3/t6-/m0/s1. The molecule has 0 N–H and O–H groups in total. The number of halogens is 1. The van der Waals surface area contributed by atoms with Gasteiger partial charge in [0.2, 0.25) is 0 Å². The first-order valence-electron chi connectivity index (χ1n) is 4.25. The van der Waals surface area contributed by atoms with Crippen LogP contribution in [0.5, 0.6) is 0 Å². The molecular formula is C9H11ClN2. The Hall–Kier alpha value is -0.630. The zero-order chi connectivity index (χ0) is 8.55. The van der Waals surface area contributed by atoms with Crippen molar-refractivity contribution < 1.29 is 0 Å². The summed E-state index contributed by atoms with van der Waals surface area (Å²) in [5, 5.41) is 0.645. The summed E-state index contributed by atoms with van der Waals surface area (Å²) in [5.74, 6) is 0.739. The van der Waals surface area contributed by atoms with Gasteiger partial charge in [0.1, 0.15) is 11.5 Å².